The average Bonchev–Trinajstić information content (AvgIpc) is 2.45. The summed E-state index contributed by atoms with van der Waals surface area (Å²) >= 11 is 6.72. The predicted molar refractivity (Wildman–Crippen MR) is 77.4 cm³/mol. The molecular weight excluding hydrogens is 479 g/mol. The third-order valence-electron chi connectivity index (χ3n) is 1.65. The van der Waals surface area contributed by atoms with E-state index < -0.39 is 0 Å². The third-order valence-corrected chi connectivity index (χ3v) is 1.65. The Morgan fingerprint density at radius 1 is 0.632 bits per heavy atom. The standard InChI is InChI=1S/2C4H8N2O2.2BrH.Rh/c2*1-3(5-7)4(2)6-8;;;/h2*7-8H,1-2H3;2*1H;/q;;;;+2/p-2/b2*5-3+,6-4+;;;. The van der Waals surface area contributed by atoms with E-state index >= 15 is 0 Å². The van der Waals surface area contributed by atoms with Crippen molar-refractivity contribution >= 4 is 50.1 Å². The number of hydrogen-bond donors (Lipinski definition) is 4. The van der Waals surface area contributed by atoms with Crippen molar-refractivity contribution in [3.63, 3.8) is 0 Å². The first-order chi connectivity index (χ1) is 8.85. The van der Waals surface area contributed by atoms with E-state index in [0.717, 1.165) is 0 Å². The van der Waals surface area contributed by atoms with Crippen molar-refractivity contribution in [1.82, 2.24) is 0 Å². The molecule has 0 rings (SSSR count). The fraction of sp³-hybridized carbons (Fsp3) is 0.500. The van der Waals surface area contributed by atoms with E-state index in [1.165, 1.54) is 27.7 Å². The molecule has 8 nitrogen and oxygen atoms in total. The van der Waals surface area contributed by atoms with Crippen LogP contribution in [0.2, 0.25) is 0 Å². The van der Waals surface area contributed by atoms with Crippen molar-refractivity contribution in [2.45, 2.75) is 27.7 Å². The van der Waals surface area contributed by atoms with Gasteiger partial charge in [-0.05, 0) is 27.7 Å². The van der Waals surface area contributed by atoms with E-state index in [1.54, 1.807) is 0 Å². The first-order valence-corrected chi connectivity index (χ1v) is 11.9. The molecule has 0 bridgehead atoms. The molecule has 11 heteroatoms. The van der Waals surface area contributed by atoms with Gasteiger partial charge in [-0.25, -0.2) is 0 Å². The Kier molecular flexibility index (Phi) is 21.6. The zero-order valence-corrected chi connectivity index (χ0v) is 15.5. The Balaban J connectivity index is -0.000000224. The van der Waals surface area contributed by atoms with E-state index in [9.17, 15) is 0 Å². The molecule has 0 saturated carbocycles. The van der Waals surface area contributed by atoms with Crippen molar-refractivity contribution in [2.24, 2.45) is 20.6 Å². The summed E-state index contributed by atoms with van der Waals surface area (Å²) < 4.78 is 0. The Morgan fingerprint density at radius 2 is 0.737 bits per heavy atom. The fourth-order valence-corrected chi connectivity index (χ4v) is 0.289. The van der Waals surface area contributed by atoms with Crippen LogP contribution in [0, 0.1) is 0 Å². The molecule has 0 spiro atoms. The summed E-state index contributed by atoms with van der Waals surface area (Å²) in [5, 5.41) is 43.3. The summed E-state index contributed by atoms with van der Waals surface area (Å²) in [5.74, 6) is 0. The molecule has 0 saturated heterocycles. The molecule has 0 amide bonds. The summed E-state index contributed by atoms with van der Waals surface area (Å²) in [6, 6.07) is 0. The number of halogens is 2. The second kappa shape index (κ2) is 17.5. The van der Waals surface area contributed by atoms with Gasteiger partial charge < -0.3 is 20.8 Å². The van der Waals surface area contributed by atoms with Gasteiger partial charge in [0, 0.05) is 0 Å². The molecule has 0 aromatic rings. The summed E-state index contributed by atoms with van der Waals surface area (Å²) in [6.07, 6.45) is 0. The Labute approximate surface area is 132 Å². The van der Waals surface area contributed by atoms with Crippen LogP contribution in [0.5, 0.6) is 0 Å². The minimum absolute atomic E-state index is 0.313. The molecule has 0 aromatic carbocycles. The topological polar surface area (TPSA) is 130 Å². The van der Waals surface area contributed by atoms with E-state index in [4.69, 9.17) is 20.8 Å². The average molecular weight is 495 g/mol. The Morgan fingerprint density at radius 3 is 0.789 bits per heavy atom. The van der Waals surface area contributed by atoms with Crippen molar-refractivity contribution in [1.29, 1.82) is 0 Å². The van der Waals surface area contributed by atoms with Gasteiger partial charge in [0.2, 0.25) is 0 Å². The quantitative estimate of drug-likeness (QED) is 0.203. The van der Waals surface area contributed by atoms with Crippen LogP contribution in [0.4, 0.5) is 0 Å². The molecule has 0 heterocycles. The zero-order valence-electron chi connectivity index (χ0n) is 10.7. The molecule has 0 unspecified atom stereocenters. The number of nitrogens with zero attached hydrogens (tertiary/aromatic N) is 4. The second-order valence-corrected chi connectivity index (χ2v) is 10.3. The number of hydrogen-bond acceptors (Lipinski definition) is 8. The molecule has 0 aliphatic rings. The molecule has 4 N–H and O–H groups in total. The van der Waals surface area contributed by atoms with Gasteiger partial charge in [-0.3, -0.25) is 0 Å². The van der Waals surface area contributed by atoms with Crippen molar-refractivity contribution < 1.29 is 34.0 Å². The van der Waals surface area contributed by atoms with Gasteiger partial charge >= 0.3 is 40.5 Å². The molecule has 115 valence electrons. The third kappa shape index (κ3) is 17.5. The van der Waals surface area contributed by atoms with Gasteiger partial charge in [0.25, 0.3) is 0 Å². The molecule has 0 radical (unpaired) electrons. The van der Waals surface area contributed by atoms with Crippen LogP contribution in [-0.4, -0.2) is 43.7 Å². The fourth-order valence-electron chi connectivity index (χ4n) is 0.289. The van der Waals surface area contributed by atoms with Crippen LogP contribution in [0.3, 0.4) is 0 Å². The van der Waals surface area contributed by atoms with Gasteiger partial charge in [-0.2, -0.15) is 0 Å². The number of oxime groups is 4. The molecule has 0 aromatic heterocycles. The van der Waals surface area contributed by atoms with Crippen LogP contribution >= 0.6 is 27.2 Å². The molecule has 0 aliphatic carbocycles. The molecule has 0 aliphatic heterocycles. The normalized spacial score (nSPS) is 13.2. The van der Waals surface area contributed by atoms with Crippen LogP contribution in [0.15, 0.2) is 20.6 Å². The Hall–Kier alpha value is -0.537. The molecule has 19 heavy (non-hydrogen) atoms. The van der Waals surface area contributed by atoms with Crippen LogP contribution < -0.4 is 0 Å². The van der Waals surface area contributed by atoms with E-state index in [2.05, 4.69) is 47.9 Å². The van der Waals surface area contributed by atoms with Crippen molar-refractivity contribution in [3.8, 4) is 0 Å². The van der Waals surface area contributed by atoms with Crippen molar-refractivity contribution in [3.05, 3.63) is 0 Å². The first kappa shape index (κ1) is 23.5. The number of rotatable bonds is 2. The predicted octanol–water partition coefficient (Wildman–Crippen LogP) is 3.06. The van der Waals surface area contributed by atoms with Gasteiger partial charge in [-0.15, -0.1) is 0 Å². The monoisotopic (exact) mass is 493 g/mol. The Bertz CT molecular complexity index is 284. The van der Waals surface area contributed by atoms with Gasteiger partial charge in [0.15, 0.2) is 0 Å². The van der Waals surface area contributed by atoms with Crippen LogP contribution in [-0.2, 0) is 13.2 Å². The summed E-state index contributed by atoms with van der Waals surface area (Å²) in [7, 11) is 0. The summed E-state index contributed by atoms with van der Waals surface area (Å²) in [4.78, 5) is 0. The van der Waals surface area contributed by atoms with Gasteiger partial charge in [-0.1, -0.05) is 20.6 Å². The minimum atomic E-state index is 0.313. The molecule has 0 atom stereocenters. The van der Waals surface area contributed by atoms with E-state index in [-0.39, 0.29) is 0 Å². The van der Waals surface area contributed by atoms with Crippen LogP contribution in [0.25, 0.3) is 0 Å². The molecular formula is C8H16Br2N4O4Rh. The summed E-state index contributed by atoms with van der Waals surface area (Å²) in [6.45, 7) is 6.15. The van der Waals surface area contributed by atoms with Crippen LogP contribution in [0.1, 0.15) is 27.7 Å². The second-order valence-electron chi connectivity index (χ2n) is 2.79. The van der Waals surface area contributed by atoms with Crippen molar-refractivity contribution in [2.75, 3.05) is 0 Å². The zero-order chi connectivity index (χ0) is 15.8. The van der Waals surface area contributed by atoms with Gasteiger partial charge in [0.05, 0.1) is 0 Å². The van der Waals surface area contributed by atoms with Gasteiger partial charge in [0.1, 0.15) is 22.8 Å². The van der Waals surface area contributed by atoms with E-state index in [1.807, 2.05) is 0 Å². The SMILES string of the molecule is CC(=N\O)/C(C)=N/O.CC(=N\O)/C(C)=N/O.[Br][Rh][Br]. The molecule has 0 fully saturated rings. The maximum absolute atomic E-state index is 8.03. The van der Waals surface area contributed by atoms with E-state index in [0.29, 0.717) is 36.1 Å². The summed E-state index contributed by atoms with van der Waals surface area (Å²) in [5.41, 5.74) is 1.25. The first-order valence-electron chi connectivity index (χ1n) is 4.45. The maximum atomic E-state index is 8.03.